The lowest BCUT2D eigenvalue weighted by Crippen LogP contribution is -2.39. The Morgan fingerprint density at radius 1 is 1.52 bits per heavy atom. The molecule has 0 spiro atoms. The average molecular weight is 333 g/mol. The van der Waals surface area contributed by atoms with Gasteiger partial charge < -0.3 is 9.42 Å². The number of nitrogens with zero attached hydrogens (tertiary/aromatic N) is 3. The summed E-state index contributed by atoms with van der Waals surface area (Å²) in [6, 6.07) is 2.09. The third-order valence-electron chi connectivity index (χ3n) is 4.30. The van der Waals surface area contributed by atoms with Gasteiger partial charge in [0.05, 0.1) is 0 Å². The molecule has 0 aromatic carbocycles. The number of amides is 1. The third-order valence-corrected chi connectivity index (χ3v) is 5.03. The van der Waals surface area contributed by atoms with Crippen molar-refractivity contribution in [2.45, 2.75) is 51.4 Å². The minimum Gasteiger partial charge on any atom is -0.342 e. The van der Waals surface area contributed by atoms with Crippen LogP contribution in [0.25, 0.3) is 0 Å². The van der Waals surface area contributed by atoms with Crippen molar-refractivity contribution in [3.63, 3.8) is 0 Å². The molecule has 124 valence electrons. The maximum absolute atomic E-state index is 12.4. The Balaban J connectivity index is 1.57. The zero-order valence-corrected chi connectivity index (χ0v) is 14.5. The molecule has 2 aromatic rings. The van der Waals surface area contributed by atoms with Crippen LogP contribution in [0, 0.1) is 0 Å². The van der Waals surface area contributed by atoms with Crippen molar-refractivity contribution in [2.75, 3.05) is 13.1 Å². The van der Waals surface area contributed by atoms with Crippen LogP contribution in [0.5, 0.6) is 0 Å². The SMILES string of the molecule is CC(C)c1nc(C2CCCN(C(=O)CCc3ccsc3)C2)no1. The van der Waals surface area contributed by atoms with E-state index in [9.17, 15) is 4.79 Å². The number of likely N-dealkylation sites (tertiary alicyclic amines) is 1. The zero-order valence-electron chi connectivity index (χ0n) is 13.7. The molecule has 3 heterocycles. The lowest BCUT2D eigenvalue weighted by atomic mass is 9.97. The van der Waals surface area contributed by atoms with E-state index in [1.54, 1.807) is 11.3 Å². The van der Waals surface area contributed by atoms with Gasteiger partial charge in [-0.2, -0.15) is 16.3 Å². The van der Waals surface area contributed by atoms with Gasteiger partial charge >= 0.3 is 0 Å². The number of aromatic nitrogens is 2. The number of carbonyl (C=O) groups is 1. The number of hydrogen-bond acceptors (Lipinski definition) is 5. The molecule has 1 aliphatic rings. The molecule has 5 nitrogen and oxygen atoms in total. The Hall–Kier alpha value is -1.69. The highest BCUT2D eigenvalue weighted by atomic mass is 32.1. The molecule has 1 amide bonds. The number of carbonyl (C=O) groups excluding carboxylic acids is 1. The van der Waals surface area contributed by atoms with Crippen molar-refractivity contribution < 1.29 is 9.32 Å². The van der Waals surface area contributed by atoms with Gasteiger partial charge in [-0.05, 0) is 41.7 Å². The summed E-state index contributed by atoms with van der Waals surface area (Å²) < 4.78 is 5.31. The summed E-state index contributed by atoms with van der Waals surface area (Å²) in [6.07, 6.45) is 3.42. The van der Waals surface area contributed by atoms with Gasteiger partial charge in [0.25, 0.3) is 0 Å². The molecule has 0 bridgehead atoms. The quantitative estimate of drug-likeness (QED) is 0.839. The zero-order chi connectivity index (χ0) is 16.2. The summed E-state index contributed by atoms with van der Waals surface area (Å²) in [7, 11) is 0. The second-order valence-electron chi connectivity index (χ2n) is 6.46. The molecular formula is C17H23N3O2S. The lowest BCUT2D eigenvalue weighted by Gasteiger charge is -2.31. The van der Waals surface area contributed by atoms with E-state index in [1.165, 1.54) is 5.56 Å². The number of piperidine rings is 1. The minimum atomic E-state index is 0.199. The fourth-order valence-electron chi connectivity index (χ4n) is 2.91. The molecule has 23 heavy (non-hydrogen) atoms. The van der Waals surface area contributed by atoms with E-state index in [2.05, 4.69) is 27.0 Å². The van der Waals surface area contributed by atoms with Gasteiger partial charge in [0.15, 0.2) is 5.82 Å². The van der Waals surface area contributed by atoms with Crippen LogP contribution in [0.4, 0.5) is 0 Å². The molecule has 1 unspecified atom stereocenters. The van der Waals surface area contributed by atoms with Crippen LogP contribution in [-0.2, 0) is 11.2 Å². The van der Waals surface area contributed by atoms with Crippen molar-refractivity contribution in [3.05, 3.63) is 34.1 Å². The standard InChI is InChI=1S/C17H23N3O2S/c1-12(2)17-18-16(19-22-17)14-4-3-8-20(10-14)15(21)6-5-13-7-9-23-11-13/h7,9,11-12,14H,3-6,8,10H2,1-2H3. The highest BCUT2D eigenvalue weighted by Gasteiger charge is 2.28. The van der Waals surface area contributed by atoms with E-state index in [0.29, 0.717) is 18.9 Å². The average Bonchev–Trinajstić information content (AvgIpc) is 3.24. The number of hydrogen-bond donors (Lipinski definition) is 0. The largest absolute Gasteiger partial charge is 0.342 e. The summed E-state index contributed by atoms with van der Waals surface area (Å²) in [5.41, 5.74) is 1.25. The van der Waals surface area contributed by atoms with Gasteiger partial charge in [-0.25, -0.2) is 0 Å². The second-order valence-corrected chi connectivity index (χ2v) is 7.24. The number of thiophene rings is 1. The normalized spacial score (nSPS) is 18.6. The van der Waals surface area contributed by atoms with E-state index < -0.39 is 0 Å². The Morgan fingerprint density at radius 3 is 3.09 bits per heavy atom. The highest BCUT2D eigenvalue weighted by molar-refractivity contribution is 7.07. The van der Waals surface area contributed by atoms with Gasteiger partial charge in [0.1, 0.15) is 0 Å². The monoisotopic (exact) mass is 333 g/mol. The third kappa shape index (κ3) is 3.99. The van der Waals surface area contributed by atoms with Gasteiger partial charge in [0, 0.05) is 31.3 Å². The van der Waals surface area contributed by atoms with Crippen LogP contribution in [-0.4, -0.2) is 34.0 Å². The van der Waals surface area contributed by atoms with Crippen LogP contribution in [0.2, 0.25) is 0 Å². The second kappa shape index (κ2) is 7.25. The fourth-order valence-corrected chi connectivity index (χ4v) is 3.61. The van der Waals surface area contributed by atoms with Crippen LogP contribution in [0.3, 0.4) is 0 Å². The van der Waals surface area contributed by atoms with Gasteiger partial charge in [0.2, 0.25) is 11.8 Å². The van der Waals surface area contributed by atoms with Crippen molar-refractivity contribution >= 4 is 17.2 Å². The van der Waals surface area contributed by atoms with Crippen LogP contribution < -0.4 is 0 Å². The van der Waals surface area contributed by atoms with Crippen molar-refractivity contribution in [2.24, 2.45) is 0 Å². The first-order chi connectivity index (χ1) is 11.1. The first kappa shape index (κ1) is 16.2. The number of rotatable bonds is 5. The van der Waals surface area contributed by atoms with E-state index in [1.807, 2.05) is 18.7 Å². The van der Waals surface area contributed by atoms with Gasteiger partial charge in [-0.3, -0.25) is 4.79 Å². The molecule has 2 aromatic heterocycles. The molecular weight excluding hydrogens is 310 g/mol. The molecule has 1 saturated heterocycles. The Bertz CT molecular complexity index is 636. The molecule has 0 N–H and O–H groups in total. The van der Waals surface area contributed by atoms with Crippen LogP contribution >= 0.6 is 11.3 Å². The van der Waals surface area contributed by atoms with Crippen molar-refractivity contribution in [1.29, 1.82) is 0 Å². The predicted molar refractivity (Wildman–Crippen MR) is 89.6 cm³/mol. The summed E-state index contributed by atoms with van der Waals surface area (Å²) in [5, 5.41) is 8.28. The van der Waals surface area contributed by atoms with Crippen LogP contribution in [0.15, 0.2) is 21.3 Å². The summed E-state index contributed by atoms with van der Waals surface area (Å²) >= 11 is 1.68. The minimum absolute atomic E-state index is 0.199. The van der Waals surface area contributed by atoms with E-state index >= 15 is 0 Å². The topological polar surface area (TPSA) is 59.2 Å². The molecule has 3 rings (SSSR count). The number of aryl methyl sites for hydroxylation is 1. The maximum Gasteiger partial charge on any atom is 0.229 e. The lowest BCUT2D eigenvalue weighted by molar-refractivity contribution is -0.132. The molecule has 6 heteroatoms. The van der Waals surface area contributed by atoms with Gasteiger partial charge in [-0.15, -0.1) is 0 Å². The predicted octanol–water partition coefficient (Wildman–Crippen LogP) is 3.59. The summed E-state index contributed by atoms with van der Waals surface area (Å²) in [6.45, 7) is 5.63. The van der Waals surface area contributed by atoms with Crippen LogP contribution in [0.1, 0.15) is 62.2 Å². The first-order valence-corrected chi connectivity index (χ1v) is 9.20. The molecule has 0 radical (unpaired) electrons. The van der Waals surface area contributed by atoms with E-state index in [-0.39, 0.29) is 17.7 Å². The molecule has 1 atom stereocenters. The van der Waals surface area contributed by atoms with Gasteiger partial charge in [-0.1, -0.05) is 19.0 Å². The smallest absolute Gasteiger partial charge is 0.229 e. The molecule has 1 aliphatic heterocycles. The van der Waals surface area contributed by atoms with Crippen molar-refractivity contribution in [1.82, 2.24) is 15.0 Å². The Morgan fingerprint density at radius 2 is 2.39 bits per heavy atom. The Kier molecular flexibility index (Phi) is 5.10. The highest BCUT2D eigenvalue weighted by Crippen LogP contribution is 2.26. The molecule has 0 aliphatic carbocycles. The van der Waals surface area contributed by atoms with Crippen molar-refractivity contribution in [3.8, 4) is 0 Å². The first-order valence-electron chi connectivity index (χ1n) is 8.26. The Labute approximate surface area is 140 Å². The maximum atomic E-state index is 12.4. The molecule has 1 fully saturated rings. The summed E-state index contributed by atoms with van der Waals surface area (Å²) in [5.74, 6) is 2.10. The van der Waals surface area contributed by atoms with E-state index in [4.69, 9.17) is 4.52 Å². The molecule has 0 saturated carbocycles. The van der Waals surface area contributed by atoms with E-state index in [0.717, 1.165) is 31.6 Å². The fraction of sp³-hybridized carbons (Fsp3) is 0.588. The summed E-state index contributed by atoms with van der Waals surface area (Å²) in [4.78, 5) is 18.9.